The summed E-state index contributed by atoms with van der Waals surface area (Å²) in [6.07, 6.45) is 1.15. The first-order chi connectivity index (χ1) is 10.2. The van der Waals surface area contributed by atoms with Crippen LogP contribution in [0.4, 0.5) is 0 Å². The van der Waals surface area contributed by atoms with Gasteiger partial charge < -0.3 is 15.2 Å². The third kappa shape index (κ3) is 2.74. The fourth-order valence-electron chi connectivity index (χ4n) is 3.00. The van der Waals surface area contributed by atoms with Gasteiger partial charge in [0.05, 0.1) is 14.2 Å². The van der Waals surface area contributed by atoms with Crippen LogP contribution in [0, 0.1) is 5.92 Å². The molecule has 3 rings (SSSR count). The Hall–Kier alpha value is -2.00. The van der Waals surface area contributed by atoms with Crippen LogP contribution < -0.4 is 15.2 Å². The summed E-state index contributed by atoms with van der Waals surface area (Å²) in [5.74, 6) is 2.56. The fourth-order valence-corrected chi connectivity index (χ4v) is 3.00. The largest absolute Gasteiger partial charge is 0.493 e. The molecule has 0 heterocycles. The number of rotatable bonds is 5. The van der Waals surface area contributed by atoms with Crippen molar-refractivity contribution < 1.29 is 9.47 Å². The molecular formula is C18H21NO2. The summed E-state index contributed by atoms with van der Waals surface area (Å²) in [6.45, 7) is 0. The topological polar surface area (TPSA) is 44.5 Å². The van der Waals surface area contributed by atoms with E-state index in [9.17, 15) is 0 Å². The molecule has 1 saturated carbocycles. The summed E-state index contributed by atoms with van der Waals surface area (Å²) in [4.78, 5) is 0. The molecule has 0 saturated heterocycles. The molecule has 21 heavy (non-hydrogen) atoms. The first kappa shape index (κ1) is 14.0. The molecule has 3 nitrogen and oxygen atoms in total. The third-order valence-electron chi connectivity index (χ3n) is 4.32. The minimum atomic E-state index is 0.0370. The quantitative estimate of drug-likeness (QED) is 0.913. The van der Waals surface area contributed by atoms with E-state index < -0.39 is 0 Å². The van der Waals surface area contributed by atoms with Crippen molar-refractivity contribution in [1.82, 2.24) is 0 Å². The molecule has 0 amide bonds. The summed E-state index contributed by atoms with van der Waals surface area (Å²) >= 11 is 0. The minimum Gasteiger partial charge on any atom is -0.493 e. The molecule has 0 spiro atoms. The van der Waals surface area contributed by atoms with Crippen LogP contribution in [0.25, 0.3) is 0 Å². The van der Waals surface area contributed by atoms with E-state index in [1.54, 1.807) is 14.2 Å². The molecular weight excluding hydrogens is 262 g/mol. The predicted molar refractivity (Wildman–Crippen MR) is 83.8 cm³/mol. The molecule has 1 aliphatic carbocycles. The predicted octanol–water partition coefficient (Wildman–Crippen LogP) is 3.51. The molecule has 0 aromatic heterocycles. The van der Waals surface area contributed by atoms with Crippen LogP contribution in [-0.4, -0.2) is 14.2 Å². The van der Waals surface area contributed by atoms with Crippen LogP contribution in [0.15, 0.2) is 48.5 Å². The molecule has 0 aliphatic heterocycles. The Labute approximate surface area is 125 Å². The second kappa shape index (κ2) is 5.78. The van der Waals surface area contributed by atoms with E-state index in [-0.39, 0.29) is 6.04 Å². The van der Waals surface area contributed by atoms with E-state index in [2.05, 4.69) is 30.3 Å². The van der Waals surface area contributed by atoms with Gasteiger partial charge in [-0.05, 0) is 41.5 Å². The zero-order valence-electron chi connectivity index (χ0n) is 12.5. The van der Waals surface area contributed by atoms with E-state index in [0.717, 1.165) is 23.5 Å². The van der Waals surface area contributed by atoms with E-state index in [1.807, 2.05) is 18.2 Å². The molecule has 0 bridgehead atoms. The molecule has 3 unspecified atom stereocenters. The monoisotopic (exact) mass is 283 g/mol. The highest BCUT2D eigenvalue weighted by Gasteiger charge is 2.42. The van der Waals surface area contributed by atoms with Crippen molar-refractivity contribution in [2.45, 2.75) is 18.4 Å². The second-order valence-electron chi connectivity index (χ2n) is 5.56. The Bertz CT molecular complexity index is 612. The van der Waals surface area contributed by atoms with Gasteiger partial charge >= 0.3 is 0 Å². The number of benzene rings is 2. The Morgan fingerprint density at radius 2 is 1.71 bits per heavy atom. The van der Waals surface area contributed by atoms with Crippen LogP contribution in [0.1, 0.15) is 29.5 Å². The van der Waals surface area contributed by atoms with Crippen molar-refractivity contribution >= 4 is 0 Å². The SMILES string of the molecule is COc1ccc(C(N)C2CC2c2ccccc2)cc1OC. The Kier molecular flexibility index (Phi) is 3.84. The average molecular weight is 283 g/mol. The highest BCUT2D eigenvalue weighted by Crippen LogP contribution is 2.53. The third-order valence-corrected chi connectivity index (χ3v) is 4.32. The summed E-state index contributed by atoms with van der Waals surface area (Å²) in [7, 11) is 3.29. The average Bonchev–Trinajstić information content (AvgIpc) is 3.35. The van der Waals surface area contributed by atoms with Gasteiger partial charge in [0.15, 0.2) is 11.5 Å². The summed E-state index contributed by atoms with van der Waals surface area (Å²) in [5, 5.41) is 0. The smallest absolute Gasteiger partial charge is 0.161 e. The van der Waals surface area contributed by atoms with Gasteiger partial charge in [-0.1, -0.05) is 36.4 Å². The Balaban J connectivity index is 1.76. The van der Waals surface area contributed by atoms with Gasteiger partial charge in [-0.2, -0.15) is 0 Å². The van der Waals surface area contributed by atoms with Crippen molar-refractivity contribution in [3.05, 3.63) is 59.7 Å². The first-order valence-corrected chi connectivity index (χ1v) is 7.27. The van der Waals surface area contributed by atoms with E-state index >= 15 is 0 Å². The highest BCUT2D eigenvalue weighted by molar-refractivity contribution is 5.44. The number of ether oxygens (including phenoxy) is 2. The maximum absolute atomic E-state index is 6.45. The molecule has 3 atom stereocenters. The van der Waals surface area contributed by atoms with Crippen molar-refractivity contribution in [2.75, 3.05) is 14.2 Å². The summed E-state index contributed by atoms with van der Waals surface area (Å²) in [6, 6.07) is 16.6. The number of hydrogen-bond acceptors (Lipinski definition) is 3. The summed E-state index contributed by atoms with van der Waals surface area (Å²) in [5.41, 5.74) is 8.94. The Morgan fingerprint density at radius 3 is 2.38 bits per heavy atom. The number of nitrogens with two attached hydrogens (primary N) is 1. The molecule has 1 fully saturated rings. The van der Waals surface area contributed by atoms with Gasteiger partial charge in [0.25, 0.3) is 0 Å². The lowest BCUT2D eigenvalue weighted by molar-refractivity contribution is 0.354. The van der Waals surface area contributed by atoms with Gasteiger partial charge in [0, 0.05) is 6.04 Å². The van der Waals surface area contributed by atoms with Crippen molar-refractivity contribution in [3.63, 3.8) is 0 Å². The van der Waals surface area contributed by atoms with Crippen LogP contribution in [-0.2, 0) is 0 Å². The van der Waals surface area contributed by atoms with Crippen LogP contribution in [0.2, 0.25) is 0 Å². The molecule has 110 valence electrons. The maximum atomic E-state index is 6.45. The zero-order valence-corrected chi connectivity index (χ0v) is 12.5. The van der Waals surface area contributed by atoms with E-state index in [1.165, 1.54) is 5.56 Å². The molecule has 0 radical (unpaired) electrons. The van der Waals surface area contributed by atoms with Gasteiger partial charge in [-0.3, -0.25) is 0 Å². The van der Waals surface area contributed by atoms with Crippen molar-refractivity contribution in [1.29, 1.82) is 0 Å². The van der Waals surface area contributed by atoms with Gasteiger partial charge in [-0.25, -0.2) is 0 Å². The maximum Gasteiger partial charge on any atom is 0.161 e. The molecule has 3 heteroatoms. The standard InChI is InChI=1S/C18H21NO2/c1-20-16-9-8-13(10-17(16)21-2)18(19)15-11-14(15)12-6-4-3-5-7-12/h3-10,14-15,18H,11,19H2,1-2H3. The molecule has 2 N–H and O–H groups in total. The zero-order chi connectivity index (χ0) is 14.8. The lowest BCUT2D eigenvalue weighted by atomic mass is 9.99. The molecule has 1 aliphatic rings. The number of methoxy groups -OCH3 is 2. The lowest BCUT2D eigenvalue weighted by Crippen LogP contribution is -2.13. The van der Waals surface area contributed by atoms with Gasteiger partial charge in [0.2, 0.25) is 0 Å². The fraction of sp³-hybridized carbons (Fsp3) is 0.333. The highest BCUT2D eigenvalue weighted by atomic mass is 16.5. The normalized spacial score (nSPS) is 21.7. The minimum absolute atomic E-state index is 0.0370. The second-order valence-corrected chi connectivity index (χ2v) is 5.56. The summed E-state index contributed by atoms with van der Waals surface area (Å²) < 4.78 is 10.6. The van der Waals surface area contributed by atoms with Gasteiger partial charge in [-0.15, -0.1) is 0 Å². The van der Waals surface area contributed by atoms with E-state index in [0.29, 0.717) is 11.8 Å². The lowest BCUT2D eigenvalue weighted by Gasteiger charge is -2.15. The van der Waals surface area contributed by atoms with Gasteiger partial charge in [0.1, 0.15) is 0 Å². The molecule has 2 aromatic rings. The first-order valence-electron chi connectivity index (χ1n) is 7.27. The van der Waals surface area contributed by atoms with Crippen molar-refractivity contribution in [2.24, 2.45) is 11.7 Å². The van der Waals surface area contributed by atoms with E-state index in [4.69, 9.17) is 15.2 Å². The van der Waals surface area contributed by atoms with Crippen LogP contribution in [0.3, 0.4) is 0 Å². The van der Waals surface area contributed by atoms with Crippen LogP contribution in [0.5, 0.6) is 11.5 Å². The van der Waals surface area contributed by atoms with Crippen molar-refractivity contribution in [3.8, 4) is 11.5 Å². The number of hydrogen-bond donors (Lipinski definition) is 1. The van der Waals surface area contributed by atoms with Crippen LogP contribution >= 0.6 is 0 Å². The Morgan fingerprint density at radius 1 is 1.00 bits per heavy atom. The molecule has 2 aromatic carbocycles.